The zero-order valence-electron chi connectivity index (χ0n) is 19.8. The Bertz CT molecular complexity index is 633. The van der Waals surface area contributed by atoms with E-state index in [1.165, 1.54) is 0 Å². The molecular formula is C18H39N11O5. The standard InChI is InChI=1S/C18H39N11O5/c1-3-20-14(30)21-4-5-22-15(31)23-6-7-24-16(32)25-8-9-26-17(33)27-10-11-28-18(34)29-12-13(2)19/h13H,3-12,19H2,1-2H3,(H2,20,21,30)(H2,22,23,31)(H2,24,25,32)(H2,26,27,33)(H2,28,29,34). The fraction of sp³-hybridized carbons (Fsp3) is 0.722. The molecule has 0 rings (SSSR count). The highest BCUT2D eigenvalue weighted by Gasteiger charge is 2.04. The second-order valence-corrected chi connectivity index (χ2v) is 6.95. The smallest absolute Gasteiger partial charge is 0.314 e. The van der Waals surface area contributed by atoms with Gasteiger partial charge in [0.2, 0.25) is 0 Å². The summed E-state index contributed by atoms with van der Waals surface area (Å²) in [5, 5.41) is 25.6. The highest BCUT2D eigenvalue weighted by molar-refractivity contribution is 5.76. The number of amides is 10. The average Bonchev–Trinajstić information content (AvgIpc) is 2.79. The van der Waals surface area contributed by atoms with Gasteiger partial charge in [0.05, 0.1) is 0 Å². The van der Waals surface area contributed by atoms with Gasteiger partial charge in [0.15, 0.2) is 0 Å². The second-order valence-electron chi connectivity index (χ2n) is 6.95. The van der Waals surface area contributed by atoms with Crippen LogP contribution in [0.2, 0.25) is 0 Å². The van der Waals surface area contributed by atoms with Crippen LogP contribution in [0.4, 0.5) is 24.0 Å². The number of nitrogens with two attached hydrogens (primary N) is 1. The van der Waals surface area contributed by atoms with E-state index in [2.05, 4.69) is 53.2 Å². The zero-order chi connectivity index (χ0) is 25.6. The molecule has 0 aliphatic carbocycles. The largest absolute Gasteiger partial charge is 0.338 e. The lowest BCUT2D eigenvalue weighted by Gasteiger charge is -2.11. The van der Waals surface area contributed by atoms with E-state index < -0.39 is 18.1 Å². The monoisotopic (exact) mass is 489 g/mol. The summed E-state index contributed by atoms with van der Waals surface area (Å²) in [6.45, 7) is 6.28. The van der Waals surface area contributed by atoms with Crippen molar-refractivity contribution in [2.45, 2.75) is 19.9 Å². The maximum Gasteiger partial charge on any atom is 0.314 e. The van der Waals surface area contributed by atoms with Crippen LogP contribution >= 0.6 is 0 Å². The molecule has 1 unspecified atom stereocenters. The molecule has 196 valence electrons. The Balaban J connectivity index is 3.56. The van der Waals surface area contributed by atoms with Gasteiger partial charge in [-0.1, -0.05) is 0 Å². The van der Waals surface area contributed by atoms with Crippen LogP contribution in [-0.2, 0) is 0 Å². The van der Waals surface area contributed by atoms with E-state index in [1.54, 1.807) is 13.8 Å². The molecule has 0 saturated carbocycles. The first-order valence-corrected chi connectivity index (χ1v) is 11.1. The third-order valence-electron chi connectivity index (χ3n) is 3.71. The highest BCUT2D eigenvalue weighted by Crippen LogP contribution is 1.73. The number of hydrogen-bond donors (Lipinski definition) is 11. The number of hydrogen-bond acceptors (Lipinski definition) is 6. The van der Waals surface area contributed by atoms with Crippen molar-refractivity contribution in [2.75, 3.05) is 65.4 Å². The topological polar surface area (TPSA) is 232 Å². The molecule has 0 bridgehead atoms. The molecule has 0 heterocycles. The maximum absolute atomic E-state index is 11.7. The molecule has 0 aliphatic rings. The summed E-state index contributed by atoms with van der Waals surface area (Å²) in [5.74, 6) is 0. The summed E-state index contributed by atoms with van der Waals surface area (Å²) in [5.41, 5.74) is 5.52. The molecule has 0 aliphatic heterocycles. The Morgan fingerprint density at radius 1 is 0.500 bits per heavy atom. The van der Waals surface area contributed by atoms with Crippen LogP contribution < -0.4 is 58.9 Å². The van der Waals surface area contributed by atoms with E-state index >= 15 is 0 Å². The average molecular weight is 490 g/mol. The van der Waals surface area contributed by atoms with Gasteiger partial charge in [-0.25, -0.2) is 24.0 Å². The Morgan fingerprint density at radius 3 is 0.971 bits per heavy atom. The Morgan fingerprint density at radius 2 is 0.735 bits per heavy atom. The van der Waals surface area contributed by atoms with Crippen molar-refractivity contribution in [3.8, 4) is 0 Å². The van der Waals surface area contributed by atoms with Crippen LogP contribution in [-0.4, -0.2) is 102 Å². The summed E-state index contributed by atoms with van der Waals surface area (Å²) in [6, 6.07) is -2.11. The summed E-state index contributed by atoms with van der Waals surface area (Å²) in [4.78, 5) is 57.4. The normalized spacial score (nSPS) is 10.7. The molecule has 1 atom stereocenters. The van der Waals surface area contributed by atoms with Gasteiger partial charge in [-0.15, -0.1) is 0 Å². The first-order chi connectivity index (χ1) is 16.2. The SMILES string of the molecule is CCNC(=O)NCCNC(=O)NCCNC(=O)NCCNC(=O)NCCNC(=O)NCC(C)N. The molecule has 0 fully saturated rings. The predicted octanol–water partition coefficient (Wildman–Crippen LogP) is -3.15. The van der Waals surface area contributed by atoms with Crippen molar-refractivity contribution in [3.63, 3.8) is 0 Å². The first kappa shape index (κ1) is 30.3. The molecule has 12 N–H and O–H groups in total. The lowest BCUT2D eigenvalue weighted by molar-refractivity contribution is 0.234. The van der Waals surface area contributed by atoms with E-state index in [0.717, 1.165) is 0 Å². The third kappa shape index (κ3) is 20.2. The van der Waals surface area contributed by atoms with Crippen molar-refractivity contribution < 1.29 is 24.0 Å². The van der Waals surface area contributed by atoms with Gasteiger partial charge < -0.3 is 58.9 Å². The third-order valence-corrected chi connectivity index (χ3v) is 3.71. The van der Waals surface area contributed by atoms with Gasteiger partial charge in [0.1, 0.15) is 0 Å². The Hall–Kier alpha value is -3.69. The lowest BCUT2D eigenvalue weighted by atomic mass is 10.4. The minimum Gasteiger partial charge on any atom is -0.338 e. The molecule has 0 aromatic rings. The number of rotatable bonds is 15. The minimum absolute atomic E-state index is 0.144. The van der Waals surface area contributed by atoms with Gasteiger partial charge in [0.25, 0.3) is 0 Å². The van der Waals surface area contributed by atoms with Crippen molar-refractivity contribution in [1.82, 2.24) is 53.2 Å². The van der Waals surface area contributed by atoms with Gasteiger partial charge in [-0.2, -0.15) is 0 Å². The second kappa shape index (κ2) is 20.0. The van der Waals surface area contributed by atoms with Crippen molar-refractivity contribution >= 4 is 30.2 Å². The van der Waals surface area contributed by atoms with E-state index in [0.29, 0.717) is 13.1 Å². The molecule has 16 nitrogen and oxygen atoms in total. The highest BCUT2D eigenvalue weighted by atomic mass is 16.2. The van der Waals surface area contributed by atoms with Crippen molar-refractivity contribution in [2.24, 2.45) is 5.73 Å². The predicted molar refractivity (Wildman–Crippen MR) is 126 cm³/mol. The molecule has 0 radical (unpaired) electrons. The molecule has 0 saturated heterocycles. The number of urea groups is 5. The molecule has 0 aromatic heterocycles. The zero-order valence-corrected chi connectivity index (χ0v) is 19.8. The van der Waals surface area contributed by atoms with Crippen LogP contribution in [0.5, 0.6) is 0 Å². The van der Waals surface area contributed by atoms with Gasteiger partial charge >= 0.3 is 30.2 Å². The van der Waals surface area contributed by atoms with Gasteiger partial charge in [-0.3, -0.25) is 0 Å². The minimum atomic E-state index is -0.447. The summed E-state index contributed by atoms with van der Waals surface area (Å²) < 4.78 is 0. The quantitative estimate of drug-likeness (QED) is 0.106. The van der Waals surface area contributed by atoms with Crippen molar-refractivity contribution in [3.05, 3.63) is 0 Å². The van der Waals surface area contributed by atoms with Crippen LogP contribution in [0, 0.1) is 0 Å². The fourth-order valence-corrected chi connectivity index (χ4v) is 2.13. The summed E-state index contributed by atoms with van der Waals surface area (Å²) in [6.07, 6.45) is 0. The molecule has 0 aromatic carbocycles. The first-order valence-electron chi connectivity index (χ1n) is 11.1. The van der Waals surface area contributed by atoms with Crippen molar-refractivity contribution in [1.29, 1.82) is 0 Å². The van der Waals surface area contributed by atoms with E-state index in [4.69, 9.17) is 5.73 Å². The van der Waals surface area contributed by atoms with Crippen LogP contribution in [0.1, 0.15) is 13.8 Å². The van der Waals surface area contributed by atoms with Gasteiger partial charge in [-0.05, 0) is 13.8 Å². The van der Waals surface area contributed by atoms with Crippen LogP contribution in [0.15, 0.2) is 0 Å². The summed E-state index contributed by atoms with van der Waals surface area (Å²) in [7, 11) is 0. The lowest BCUT2D eigenvalue weighted by Crippen LogP contribution is -2.47. The van der Waals surface area contributed by atoms with E-state index in [9.17, 15) is 24.0 Å². The maximum atomic E-state index is 11.7. The number of carbonyl (C=O) groups is 5. The van der Waals surface area contributed by atoms with Gasteiger partial charge in [0, 0.05) is 71.5 Å². The molecule has 34 heavy (non-hydrogen) atoms. The number of nitrogens with one attached hydrogen (secondary N) is 10. The molecule has 16 heteroatoms. The van der Waals surface area contributed by atoms with Crippen LogP contribution in [0.25, 0.3) is 0 Å². The fourth-order valence-electron chi connectivity index (χ4n) is 2.13. The van der Waals surface area contributed by atoms with E-state index in [1.807, 2.05) is 0 Å². The Labute approximate surface area is 199 Å². The Kier molecular flexibility index (Phi) is 17.8. The summed E-state index contributed by atoms with van der Waals surface area (Å²) >= 11 is 0. The molecule has 0 spiro atoms. The molecule has 10 amide bonds. The molecular weight excluding hydrogens is 450 g/mol. The van der Waals surface area contributed by atoms with E-state index in [-0.39, 0.29) is 70.5 Å². The van der Waals surface area contributed by atoms with Crippen LogP contribution in [0.3, 0.4) is 0 Å². The number of carbonyl (C=O) groups excluding carboxylic acids is 5.